The predicted molar refractivity (Wildman–Crippen MR) is 75.8 cm³/mol. The average molecular weight is 339 g/mol. The topological polar surface area (TPSA) is 41.4 Å². The van der Waals surface area contributed by atoms with Crippen LogP contribution in [0.2, 0.25) is 5.02 Å². The Morgan fingerprint density at radius 2 is 1.82 bits per heavy atom. The second-order valence-electron chi connectivity index (χ2n) is 5.49. The molecule has 0 radical (unpaired) electrons. The van der Waals surface area contributed by atoms with Gasteiger partial charge in [0.15, 0.2) is 5.69 Å². The molecule has 0 N–H and O–H groups in total. The van der Waals surface area contributed by atoms with Crippen molar-refractivity contribution in [3.05, 3.63) is 16.4 Å². The number of halogens is 4. The van der Waals surface area contributed by atoms with Gasteiger partial charge in [-0.05, 0) is 20.9 Å². The molecule has 1 atom stereocenters. The number of amides is 1. The molecule has 0 spiro atoms. The Balaban J connectivity index is 2.22. The largest absolute Gasteiger partial charge is 0.436 e. The maximum Gasteiger partial charge on any atom is 0.436 e. The summed E-state index contributed by atoms with van der Waals surface area (Å²) >= 11 is 5.72. The summed E-state index contributed by atoms with van der Waals surface area (Å²) in [6, 6.07) is -0.822. The van der Waals surface area contributed by atoms with E-state index in [9.17, 15) is 18.0 Å². The quantitative estimate of drug-likeness (QED) is 0.830. The van der Waals surface area contributed by atoms with Crippen LogP contribution in [0.4, 0.5) is 13.2 Å². The number of carbonyl (C=O) groups excluding carboxylic acids is 1. The van der Waals surface area contributed by atoms with E-state index < -0.39 is 22.9 Å². The number of carbonyl (C=O) groups is 1. The molecule has 1 aliphatic rings. The summed E-state index contributed by atoms with van der Waals surface area (Å²) in [6.45, 7) is 5.56. The Morgan fingerprint density at radius 3 is 2.27 bits per heavy atom. The molecule has 1 fully saturated rings. The van der Waals surface area contributed by atoms with Crippen LogP contribution in [0.15, 0.2) is 0 Å². The standard InChI is InChI=1S/C13H18ClF3N4O/c1-8-10(14)11(13(15,16)17)18-21(8)9(2)12(22)20-6-4-19(3)5-7-20/h9H,4-7H2,1-3H3/t9-/m0/s1. The Labute approximate surface area is 131 Å². The van der Waals surface area contributed by atoms with Crippen LogP contribution >= 0.6 is 11.6 Å². The number of rotatable bonds is 2. The van der Waals surface area contributed by atoms with Gasteiger partial charge in [-0.25, -0.2) is 0 Å². The molecule has 0 aromatic carbocycles. The summed E-state index contributed by atoms with van der Waals surface area (Å²) in [4.78, 5) is 16.2. The molecule has 1 amide bonds. The third-order valence-corrected chi connectivity index (χ3v) is 4.34. The third-order valence-electron chi connectivity index (χ3n) is 3.88. The first-order valence-electron chi connectivity index (χ1n) is 6.92. The summed E-state index contributed by atoms with van der Waals surface area (Å²) < 4.78 is 39.6. The maximum absolute atomic E-state index is 12.8. The highest BCUT2D eigenvalue weighted by molar-refractivity contribution is 6.32. The summed E-state index contributed by atoms with van der Waals surface area (Å²) in [6.07, 6.45) is -4.64. The molecule has 2 heterocycles. The zero-order valence-corrected chi connectivity index (χ0v) is 13.4. The van der Waals surface area contributed by atoms with Gasteiger partial charge in [0.25, 0.3) is 0 Å². The molecule has 124 valence electrons. The van der Waals surface area contributed by atoms with Crippen LogP contribution in [0.3, 0.4) is 0 Å². The van der Waals surface area contributed by atoms with Crippen LogP contribution in [-0.2, 0) is 11.0 Å². The van der Waals surface area contributed by atoms with E-state index in [2.05, 4.69) is 10.00 Å². The molecule has 2 rings (SSSR count). The fraction of sp³-hybridized carbons (Fsp3) is 0.692. The third kappa shape index (κ3) is 3.22. The van der Waals surface area contributed by atoms with Crippen molar-refractivity contribution in [2.75, 3.05) is 33.2 Å². The Hall–Kier alpha value is -1.28. The van der Waals surface area contributed by atoms with Gasteiger partial charge < -0.3 is 9.80 Å². The Bertz CT molecular complexity index is 564. The highest BCUT2D eigenvalue weighted by Crippen LogP contribution is 2.36. The van der Waals surface area contributed by atoms with E-state index in [1.807, 2.05) is 7.05 Å². The van der Waals surface area contributed by atoms with Gasteiger partial charge in [-0.3, -0.25) is 9.48 Å². The number of nitrogens with zero attached hydrogens (tertiary/aromatic N) is 4. The van der Waals surface area contributed by atoms with Gasteiger partial charge in [0.1, 0.15) is 6.04 Å². The lowest BCUT2D eigenvalue weighted by Crippen LogP contribution is -2.49. The number of hydrogen-bond donors (Lipinski definition) is 0. The van der Waals surface area contributed by atoms with Crippen molar-refractivity contribution in [2.45, 2.75) is 26.1 Å². The van der Waals surface area contributed by atoms with Gasteiger partial charge in [-0.2, -0.15) is 18.3 Å². The van der Waals surface area contributed by atoms with Crippen molar-refractivity contribution in [3.8, 4) is 0 Å². The van der Waals surface area contributed by atoms with Gasteiger partial charge in [-0.1, -0.05) is 11.6 Å². The first kappa shape index (κ1) is 17.1. The summed E-state index contributed by atoms with van der Waals surface area (Å²) in [7, 11) is 1.96. The van der Waals surface area contributed by atoms with Crippen molar-refractivity contribution in [3.63, 3.8) is 0 Å². The molecule has 0 saturated carbocycles. The van der Waals surface area contributed by atoms with Crippen LogP contribution in [0.25, 0.3) is 0 Å². The van der Waals surface area contributed by atoms with Crippen molar-refractivity contribution in [1.82, 2.24) is 19.6 Å². The molecule has 1 aromatic heterocycles. The first-order valence-corrected chi connectivity index (χ1v) is 7.30. The van der Waals surface area contributed by atoms with Gasteiger partial charge in [-0.15, -0.1) is 0 Å². The lowest BCUT2D eigenvalue weighted by molar-refractivity contribution is -0.142. The molecule has 22 heavy (non-hydrogen) atoms. The number of piperazine rings is 1. The summed E-state index contributed by atoms with van der Waals surface area (Å²) in [5.41, 5.74) is -1.01. The average Bonchev–Trinajstić information content (AvgIpc) is 2.74. The lowest BCUT2D eigenvalue weighted by Gasteiger charge is -2.34. The van der Waals surface area contributed by atoms with E-state index in [0.717, 1.165) is 17.8 Å². The SMILES string of the molecule is Cc1c(Cl)c(C(F)(F)F)nn1[C@@H](C)C(=O)N1CCN(C)CC1. The van der Waals surface area contributed by atoms with Gasteiger partial charge >= 0.3 is 6.18 Å². The summed E-state index contributed by atoms with van der Waals surface area (Å²) in [5.74, 6) is -0.246. The molecule has 1 saturated heterocycles. The molecule has 0 unspecified atom stereocenters. The molecule has 9 heteroatoms. The zero-order valence-electron chi connectivity index (χ0n) is 12.6. The Morgan fingerprint density at radius 1 is 1.27 bits per heavy atom. The van der Waals surface area contributed by atoms with Crippen molar-refractivity contribution < 1.29 is 18.0 Å². The molecule has 5 nitrogen and oxygen atoms in total. The van der Waals surface area contributed by atoms with Gasteiger partial charge in [0.2, 0.25) is 5.91 Å². The minimum atomic E-state index is -4.64. The van der Waals surface area contributed by atoms with E-state index in [1.165, 1.54) is 13.8 Å². The van der Waals surface area contributed by atoms with E-state index in [4.69, 9.17) is 11.6 Å². The lowest BCUT2D eigenvalue weighted by atomic mass is 10.2. The summed E-state index contributed by atoms with van der Waals surface area (Å²) in [5, 5.41) is 3.06. The van der Waals surface area contributed by atoms with Crippen molar-refractivity contribution in [2.24, 2.45) is 0 Å². The Kier molecular flexibility index (Phi) is 4.72. The van der Waals surface area contributed by atoms with Gasteiger partial charge in [0.05, 0.1) is 10.7 Å². The van der Waals surface area contributed by atoms with Gasteiger partial charge in [0, 0.05) is 26.2 Å². The second-order valence-corrected chi connectivity index (χ2v) is 5.87. The fourth-order valence-corrected chi connectivity index (χ4v) is 2.68. The maximum atomic E-state index is 12.8. The minimum Gasteiger partial charge on any atom is -0.338 e. The monoisotopic (exact) mass is 338 g/mol. The highest BCUT2D eigenvalue weighted by atomic mass is 35.5. The molecular weight excluding hydrogens is 321 g/mol. The molecule has 0 bridgehead atoms. The van der Waals surface area contributed by atoms with Crippen LogP contribution in [0, 0.1) is 6.92 Å². The molecule has 1 aromatic rings. The van der Waals surface area contributed by atoms with E-state index >= 15 is 0 Å². The van der Waals surface area contributed by atoms with Crippen molar-refractivity contribution >= 4 is 17.5 Å². The van der Waals surface area contributed by atoms with Crippen molar-refractivity contribution in [1.29, 1.82) is 0 Å². The molecule has 1 aliphatic heterocycles. The molecule has 0 aliphatic carbocycles. The fourth-order valence-electron chi connectivity index (χ4n) is 2.45. The highest BCUT2D eigenvalue weighted by Gasteiger charge is 2.39. The first-order chi connectivity index (χ1) is 10.1. The minimum absolute atomic E-state index is 0.143. The van der Waals surface area contributed by atoms with E-state index in [0.29, 0.717) is 13.1 Å². The zero-order chi connectivity index (χ0) is 16.7. The number of aromatic nitrogens is 2. The predicted octanol–water partition coefficient (Wildman–Crippen LogP) is 2.20. The normalized spacial score (nSPS) is 18.6. The second kappa shape index (κ2) is 6.08. The number of alkyl halides is 3. The van der Waals surface area contributed by atoms with Crippen LogP contribution in [-0.4, -0.2) is 58.7 Å². The van der Waals surface area contributed by atoms with Crippen LogP contribution in [0.1, 0.15) is 24.4 Å². The number of hydrogen-bond acceptors (Lipinski definition) is 3. The van der Waals surface area contributed by atoms with E-state index in [-0.39, 0.29) is 11.6 Å². The van der Waals surface area contributed by atoms with E-state index in [1.54, 1.807) is 4.90 Å². The van der Waals surface area contributed by atoms with Crippen LogP contribution in [0.5, 0.6) is 0 Å². The molecular formula is C13H18ClF3N4O. The van der Waals surface area contributed by atoms with Crippen LogP contribution < -0.4 is 0 Å². The number of likely N-dealkylation sites (N-methyl/N-ethyl adjacent to an activating group) is 1. The smallest absolute Gasteiger partial charge is 0.338 e.